The Morgan fingerprint density at radius 1 is 1.33 bits per heavy atom. The van der Waals surface area contributed by atoms with Gasteiger partial charge in [-0.1, -0.05) is 30.3 Å². The van der Waals surface area contributed by atoms with Crippen molar-refractivity contribution in [2.45, 2.75) is 18.2 Å². The van der Waals surface area contributed by atoms with Gasteiger partial charge in [0.15, 0.2) is 5.13 Å². The number of aromatic nitrogens is 1. The fourth-order valence-corrected chi connectivity index (χ4v) is 3.22. The summed E-state index contributed by atoms with van der Waals surface area (Å²) in [5.41, 5.74) is 0.741. The quantitative estimate of drug-likeness (QED) is 0.768. The van der Waals surface area contributed by atoms with Crippen LogP contribution in [0.4, 0.5) is 5.13 Å². The molecule has 2 amide bonds. The highest BCUT2D eigenvalue weighted by Crippen LogP contribution is 2.31. The lowest BCUT2D eigenvalue weighted by atomic mass is 10.1. The molecule has 0 spiro atoms. The molecule has 1 N–H and O–H groups in total. The van der Waals surface area contributed by atoms with Gasteiger partial charge in [-0.2, -0.15) is 0 Å². The molecule has 1 saturated carbocycles. The standard InChI is InChI=1S/C17H18ClN3O2S/c18-15(13-4-2-1-3-5-13)16(23)21(10-12-6-7-12)11-14(22)20-17-19-8-9-24-17/h1-5,8-9,12,15H,6-7,10-11H2,(H,19,20,22)/t15-/m0/s1. The Hall–Kier alpha value is -1.92. The number of hydrogen-bond acceptors (Lipinski definition) is 4. The van der Waals surface area contributed by atoms with E-state index in [1.165, 1.54) is 11.3 Å². The summed E-state index contributed by atoms with van der Waals surface area (Å²) in [6, 6.07) is 9.21. The molecule has 0 bridgehead atoms. The summed E-state index contributed by atoms with van der Waals surface area (Å²) >= 11 is 7.69. The summed E-state index contributed by atoms with van der Waals surface area (Å²) in [6.45, 7) is 0.561. The topological polar surface area (TPSA) is 62.3 Å². The number of anilines is 1. The van der Waals surface area contributed by atoms with Crippen LogP contribution in [0, 0.1) is 5.92 Å². The number of nitrogens with zero attached hydrogens (tertiary/aromatic N) is 2. The molecule has 1 aliphatic rings. The molecule has 0 aliphatic heterocycles. The summed E-state index contributed by atoms with van der Waals surface area (Å²) in [4.78, 5) is 30.5. The first kappa shape index (κ1) is 16.9. The molecule has 7 heteroatoms. The van der Waals surface area contributed by atoms with E-state index in [1.807, 2.05) is 30.3 Å². The Morgan fingerprint density at radius 2 is 2.08 bits per heavy atom. The van der Waals surface area contributed by atoms with Gasteiger partial charge in [-0.3, -0.25) is 9.59 Å². The summed E-state index contributed by atoms with van der Waals surface area (Å²) in [5.74, 6) is -0.0128. The zero-order valence-electron chi connectivity index (χ0n) is 13.0. The Bertz CT molecular complexity index is 689. The fraction of sp³-hybridized carbons (Fsp3) is 0.353. The Morgan fingerprint density at radius 3 is 2.71 bits per heavy atom. The second-order valence-electron chi connectivity index (χ2n) is 5.82. The normalized spacial score (nSPS) is 14.9. The highest BCUT2D eigenvalue weighted by molar-refractivity contribution is 7.13. The van der Waals surface area contributed by atoms with Crippen LogP contribution >= 0.6 is 22.9 Å². The predicted octanol–water partition coefficient (Wildman–Crippen LogP) is 3.30. The van der Waals surface area contributed by atoms with Crippen molar-refractivity contribution in [3.63, 3.8) is 0 Å². The highest BCUT2D eigenvalue weighted by atomic mass is 35.5. The van der Waals surface area contributed by atoms with Gasteiger partial charge in [0.2, 0.25) is 11.8 Å². The minimum Gasteiger partial charge on any atom is -0.332 e. The minimum absolute atomic E-state index is 0.00896. The third kappa shape index (κ3) is 4.55. The lowest BCUT2D eigenvalue weighted by Crippen LogP contribution is -2.41. The second-order valence-corrected chi connectivity index (χ2v) is 7.15. The first-order valence-electron chi connectivity index (χ1n) is 7.80. The predicted molar refractivity (Wildman–Crippen MR) is 95.1 cm³/mol. The number of hydrogen-bond donors (Lipinski definition) is 1. The molecule has 1 aliphatic carbocycles. The maximum Gasteiger partial charge on any atom is 0.245 e. The Balaban J connectivity index is 1.66. The molecule has 5 nitrogen and oxygen atoms in total. The van der Waals surface area contributed by atoms with Gasteiger partial charge in [0.05, 0.1) is 6.54 Å². The van der Waals surface area contributed by atoms with Crippen LogP contribution in [0.5, 0.6) is 0 Å². The molecule has 1 atom stereocenters. The zero-order valence-corrected chi connectivity index (χ0v) is 14.6. The third-order valence-electron chi connectivity index (χ3n) is 3.81. The number of halogens is 1. The SMILES string of the molecule is O=C(CN(CC1CC1)C(=O)[C@@H](Cl)c1ccccc1)Nc1nccs1. The van der Waals surface area contributed by atoms with Gasteiger partial charge in [0.25, 0.3) is 0 Å². The molecule has 3 rings (SSSR count). The molecular weight excluding hydrogens is 346 g/mol. The van der Waals surface area contributed by atoms with Gasteiger partial charge in [0, 0.05) is 18.1 Å². The number of amides is 2. The molecular formula is C17H18ClN3O2S. The number of carbonyl (C=O) groups is 2. The molecule has 1 fully saturated rings. The molecule has 24 heavy (non-hydrogen) atoms. The van der Waals surface area contributed by atoms with Gasteiger partial charge in [-0.05, 0) is 24.3 Å². The lowest BCUT2D eigenvalue weighted by Gasteiger charge is -2.24. The van der Waals surface area contributed by atoms with Crippen molar-refractivity contribution in [3.05, 3.63) is 47.5 Å². The molecule has 2 aromatic rings. The van der Waals surface area contributed by atoms with E-state index in [2.05, 4.69) is 10.3 Å². The van der Waals surface area contributed by atoms with E-state index in [0.717, 1.165) is 18.4 Å². The van der Waals surface area contributed by atoms with E-state index < -0.39 is 5.38 Å². The Labute approximate surface area is 149 Å². The van der Waals surface area contributed by atoms with Gasteiger partial charge >= 0.3 is 0 Å². The smallest absolute Gasteiger partial charge is 0.245 e. The molecule has 1 aromatic carbocycles. The lowest BCUT2D eigenvalue weighted by molar-refractivity contribution is -0.134. The van der Waals surface area contributed by atoms with Crippen molar-refractivity contribution < 1.29 is 9.59 Å². The van der Waals surface area contributed by atoms with Crippen LogP contribution < -0.4 is 5.32 Å². The number of rotatable bonds is 7. The van der Waals surface area contributed by atoms with Crippen LogP contribution in [-0.4, -0.2) is 34.8 Å². The summed E-state index contributed by atoms with van der Waals surface area (Å²) in [5, 5.41) is 4.25. The van der Waals surface area contributed by atoms with Crippen molar-refractivity contribution in [3.8, 4) is 0 Å². The molecule has 0 unspecified atom stereocenters. The summed E-state index contributed by atoms with van der Waals surface area (Å²) in [7, 11) is 0. The van der Waals surface area contributed by atoms with E-state index in [0.29, 0.717) is 17.6 Å². The van der Waals surface area contributed by atoms with Crippen LogP contribution in [0.2, 0.25) is 0 Å². The monoisotopic (exact) mass is 363 g/mol. The summed E-state index contributed by atoms with van der Waals surface area (Å²) < 4.78 is 0. The van der Waals surface area contributed by atoms with E-state index in [1.54, 1.807) is 16.5 Å². The van der Waals surface area contributed by atoms with Gasteiger partial charge < -0.3 is 10.2 Å². The van der Waals surface area contributed by atoms with Crippen LogP contribution in [0.1, 0.15) is 23.8 Å². The maximum absolute atomic E-state index is 12.7. The number of alkyl halides is 1. The molecule has 1 heterocycles. The van der Waals surface area contributed by atoms with Crippen LogP contribution in [0.15, 0.2) is 41.9 Å². The number of thiazole rings is 1. The van der Waals surface area contributed by atoms with Crippen LogP contribution in [-0.2, 0) is 9.59 Å². The number of carbonyl (C=O) groups excluding carboxylic acids is 2. The molecule has 126 valence electrons. The number of nitrogens with one attached hydrogen (secondary N) is 1. The van der Waals surface area contributed by atoms with E-state index >= 15 is 0 Å². The molecule has 0 saturated heterocycles. The van der Waals surface area contributed by atoms with Crippen molar-refractivity contribution in [1.82, 2.24) is 9.88 Å². The van der Waals surface area contributed by atoms with Gasteiger partial charge in [-0.15, -0.1) is 22.9 Å². The van der Waals surface area contributed by atoms with Crippen molar-refractivity contribution in [1.29, 1.82) is 0 Å². The van der Waals surface area contributed by atoms with Gasteiger partial charge in [0.1, 0.15) is 5.38 Å². The van der Waals surface area contributed by atoms with Crippen LogP contribution in [0.3, 0.4) is 0 Å². The Kier molecular flexibility index (Phi) is 5.48. The summed E-state index contributed by atoms with van der Waals surface area (Å²) in [6.07, 6.45) is 3.81. The molecule has 0 radical (unpaired) electrons. The molecule has 1 aromatic heterocycles. The fourth-order valence-electron chi connectivity index (χ4n) is 2.39. The highest BCUT2D eigenvalue weighted by Gasteiger charge is 2.31. The van der Waals surface area contributed by atoms with E-state index in [4.69, 9.17) is 11.6 Å². The zero-order chi connectivity index (χ0) is 16.9. The van der Waals surface area contributed by atoms with Crippen molar-refractivity contribution >= 4 is 39.9 Å². The largest absolute Gasteiger partial charge is 0.332 e. The first-order valence-corrected chi connectivity index (χ1v) is 9.12. The number of benzene rings is 1. The van der Waals surface area contributed by atoms with Crippen molar-refractivity contribution in [2.24, 2.45) is 5.92 Å². The van der Waals surface area contributed by atoms with Gasteiger partial charge in [-0.25, -0.2) is 4.98 Å². The van der Waals surface area contributed by atoms with E-state index in [-0.39, 0.29) is 18.4 Å². The first-order chi connectivity index (χ1) is 11.6. The van der Waals surface area contributed by atoms with Crippen LogP contribution in [0.25, 0.3) is 0 Å². The average molecular weight is 364 g/mol. The minimum atomic E-state index is -0.780. The average Bonchev–Trinajstić information content (AvgIpc) is 3.27. The third-order valence-corrected chi connectivity index (χ3v) is 4.94. The second kappa shape index (κ2) is 7.77. The van der Waals surface area contributed by atoms with E-state index in [9.17, 15) is 9.59 Å². The van der Waals surface area contributed by atoms with Crippen molar-refractivity contribution in [2.75, 3.05) is 18.4 Å². The maximum atomic E-state index is 12.7.